The standard InChI is InChI=1S/C10H6Cl2N4/c11-8-7(5-1-2-5)9(12)16-10(15-8)6(3-13)4-14-16/h4-5H,1-2H2. The van der Waals surface area contributed by atoms with Crippen LogP contribution < -0.4 is 0 Å². The Morgan fingerprint density at radius 1 is 1.44 bits per heavy atom. The third kappa shape index (κ3) is 1.29. The molecule has 3 rings (SSSR count). The summed E-state index contributed by atoms with van der Waals surface area (Å²) in [4.78, 5) is 4.19. The number of nitrogens with zero attached hydrogens (tertiary/aromatic N) is 4. The molecular formula is C10H6Cl2N4. The van der Waals surface area contributed by atoms with E-state index in [1.165, 1.54) is 10.7 Å². The van der Waals surface area contributed by atoms with E-state index in [1.807, 2.05) is 6.07 Å². The molecule has 0 spiro atoms. The van der Waals surface area contributed by atoms with Crippen molar-refractivity contribution in [1.82, 2.24) is 14.6 Å². The maximum atomic E-state index is 8.87. The van der Waals surface area contributed by atoms with Gasteiger partial charge in [-0.3, -0.25) is 0 Å². The Morgan fingerprint density at radius 3 is 2.81 bits per heavy atom. The van der Waals surface area contributed by atoms with Crippen molar-refractivity contribution >= 4 is 28.8 Å². The summed E-state index contributed by atoms with van der Waals surface area (Å²) in [6, 6.07) is 2.01. The summed E-state index contributed by atoms with van der Waals surface area (Å²) in [6.07, 6.45) is 3.61. The van der Waals surface area contributed by atoms with E-state index in [9.17, 15) is 0 Å². The minimum absolute atomic E-state index is 0.381. The predicted molar refractivity (Wildman–Crippen MR) is 59.7 cm³/mol. The normalized spacial score (nSPS) is 15.3. The summed E-state index contributed by atoms with van der Waals surface area (Å²) in [6.45, 7) is 0. The van der Waals surface area contributed by atoms with Gasteiger partial charge in [-0.05, 0) is 18.8 Å². The van der Waals surface area contributed by atoms with E-state index in [1.54, 1.807) is 0 Å². The fourth-order valence-electron chi connectivity index (χ4n) is 1.73. The van der Waals surface area contributed by atoms with Crippen LogP contribution in [0.2, 0.25) is 10.3 Å². The van der Waals surface area contributed by atoms with Crippen molar-refractivity contribution in [3.63, 3.8) is 0 Å². The number of halogens is 2. The van der Waals surface area contributed by atoms with Crippen LogP contribution in [0.15, 0.2) is 6.20 Å². The third-order valence-electron chi connectivity index (χ3n) is 2.68. The summed E-state index contributed by atoms with van der Waals surface area (Å²) < 4.78 is 1.47. The molecule has 2 heterocycles. The van der Waals surface area contributed by atoms with Crippen LogP contribution in [0.3, 0.4) is 0 Å². The molecule has 2 aromatic rings. The fraction of sp³-hybridized carbons (Fsp3) is 0.300. The van der Waals surface area contributed by atoms with Gasteiger partial charge in [0.05, 0.1) is 6.20 Å². The van der Waals surface area contributed by atoms with Gasteiger partial charge >= 0.3 is 0 Å². The van der Waals surface area contributed by atoms with Crippen LogP contribution in [-0.4, -0.2) is 14.6 Å². The second-order valence-corrected chi connectivity index (χ2v) is 4.50. The number of hydrogen-bond donors (Lipinski definition) is 0. The van der Waals surface area contributed by atoms with E-state index in [4.69, 9.17) is 28.5 Å². The summed E-state index contributed by atoms with van der Waals surface area (Å²) in [7, 11) is 0. The molecule has 1 aliphatic rings. The molecule has 1 fully saturated rings. The molecular weight excluding hydrogens is 247 g/mol. The zero-order valence-electron chi connectivity index (χ0n) is 8.11. The minimum Gasteiger partial charge on any atom is -0.215 e. The van der Waals surface area contributed by atoms with Crippen LogP contribution in [0.1, 0.15) is 29.9 Å². The third-order valence-corrected chi connectivity index (χ3v) is 3.34. The highest BCUT2D eigenvalue weighted by Crippen LogP contribution is 2.45. The van der Waals surface area contributed by atoms with Crippen LogP contribution in [0.25, 0.3) is 5.65 Å². The van der Waals surface area contributed by atoms with E-state index in [0.29, 0.717) is 27.4 Å². The molecule has 0 atom stereocenters. The van der Waals surface area contributed by atoms with Crippen LogP contribution in [-0.2, 0) is 0 Å². The summed E-state index contributed by atoms with van der Waals surface area (Å²) in [5.74, 6) is 0.395. The number of rotatable bonds is 1. The van der Waals surface area contributed by atoms with Gasteiger partial charge in [0.2, 0.25) is 0 Å². The van der Waals surface area contributed by atoms with Gasteiger partial charge in [-0.15, -0.1) is 0 Å². The number of fused-ring (bicyclic) bond motifs is 1. The van der Waals surface area contributed by atoms with Gasteiger partial charge in [-0.25, -0.2) is 9.50 Å². The van der Waals surface area contributed by atoms with Crippen LogP contribution in [0.4, 0.5) is 0 Å². The van der Waals surface area contributed by atoms with Crippen molar-refractivity contribution < 1.29 is 0 Å². The average molecular weight is 253 g/mol. The van der Waals surface area contributed by atoms with E-state index in [-0.39, 0.29) is 0 Å². The number of aromatic nitrogens is 3. The summed E-state index contributed by atoms with van der Waals surface area (Å²) in [5.41, 5.74) is 1.65. The van der Waals surface area contributed by atoms with Crippen molar-refractivity contribution in [3.05, 3.63) is 27.6 Å². The van der Waals surface area contributed by atoms with Crippen molar-refractivity contribution in [2.75, 3.05) is 0 Å². The Labute approximate surface area is 101 Å². The first-order valence-corrected chi connectivity index (χ1v) is 5.60. The fourth-order valence-corrected chi connectivity index (χ4v) is 2.47. The van der Waals surface area contributed by atoms with Crippen molar-refractivity contribution in [2.24, 2.45) is 0 Å². The largest absolute Gasteiger partial charge is 0.215 e. The van der Waals surface area contributed by atoms with Gasteiger partial charge in [0.15, 0.2) is 5.65 Å². The Hall–Kier alpha value is -1.31. The lowest BCUT2D eigenvalue weighted by atomic mass is 10.2. The quantitative estimate of drug-likeness (QED) is 0.734. The molecule has 1 saturated carbocycles. The van der Waals surface area contributed by atoms with Crippen molar-refractivity contribution in [2.45, 2.75) is 18.8 Å². The highest BCUT2D eigenvalue weighted by molar-refractivity contribution is 6.35. The molecule has 1 aliphatic carbocycles. The number of hydrogen-bond acceptors (Lipinski definition) is 3. The van der Waals surface area contributed by atoms with Gasteiger partial charge in [-0.1, -0.05) is 23.2 Å². The van der Waals surface area contributed by atoms with Crippen molar-refractivity contribution in [3.8, 4) is 6.07 Å². The molecule has 0 amide bonds. The summed E-state index contributed by atoms with van der Waals surface area (Å²) >= 11 is 12.3. The van der Waals surface area contributed by atoms with Gasteiger partial charge in [0, 0.05) is 5.56 Å². The second-order valence-electron chi connectivity index (χ2n) is 3.79. The molecule has 16 heavy (non-hydrogen) atoms. The highest BCUT2D eigenvalue weighted by atomic mass is 35.5. The van der Waals surface area contributed by atoms with Gasteiger partial charge < -0.3 is 0 Å². The monoisotopic (exact) mass is 252 g/mol. The zero-order chi connectivity index (χ0) is 11.3. The maximum Gasteiger partial charge on any atom is 0.176 e. The smallest absolute Gasteiger partial charge is 0.176 e. The molecule has 0 radical (unpaired) electrons. The number of nitriles is 1. The van der Waals surface area contributed by atoms with Crippen LogP contribution in [0, 0.1) is 11.3 Å². The van der Waals surface area contributed by atoms with E-state index < -0.39 is 0 Å². The predicted octanol–water partition coefficient (Wildman–Crippen LogP) is 2.79. The van der Waals surface area contributed by atoms with Crippen LogP contribution in [0.5, 0.6) is 0 Å². The van der Waals surface area contributed by atoms with E-state index in [0.717, 1.165) is 18.4 Å². The summed E-state index contributed by atoms with van der Waals surface area (Å²) in [5, 5.41) is 13.8. The molecule has 6 heteroatoms. The molecule has 0 unspecified atom stereocenters. The molecule has 0 aromatic carbocycles. The minimum atomic E-state index is 0.381. The van der Waals surface area contributed by atoms with Gasteiger partial charge in [0.1, 0.15) is 21.9 Å². The maximum absolute atomic E-state index is 8.87. The molecule has 4 nitrogen and oxygen atoms in total. The van der Waals surface area contributed by atoms with Crippen LogP contribution >= 0.6 is 23.2 Å². The molecule has 2 aromatic heterocycles. The topological polar surface area (TPSA) is 54.0 Å². The lowest BCUT2D eigenvalue weighted by Crippen LogP contribution is -1.99. The second kappa shape index (κ2) is 3.34. The van der Waals surface area contributed by atoms with E-state index >= 15 is 0 Å². The average Bonchev–Trinajstić information content (AvgIpc) is 2.99. The first-order valence-electron chi connectivity index (χ1n) is 4.85. The van der Waals surface area contributed by atoms with E-state index in [2.05, 4.69) is 10.1 Å². The SMILES string of the molecule is N#Cc1cnn2c(Cl)c(C3CC3)c(Cl)nc12. The first-order chi connectivity index (χ1) is 7.72. The Kier molecular flexibility index (Phi) is 2.06. The molecule has 0 N–H and O–H groups in total. The Bertz CT molecular complexity index is 622. The zero-order valence-corrected chi connectivity index (χ0v) is 9.63. The Balaban J connectivity index is 2.36. The van der Waals surface area contributed by atoms with Gasteiger partial charge in [-0.2, -0.15) is 10.4 Å². The molecule has 0 bridgehead atoms. The Morgan fingerprint density at radius 2 is 2.19 bits per heavy atom. The van der Waals surface area contributed by atoms with Crippen molar-refractivity contribution in [1.29, 1.82) is 5.26 Å². The lowest BCUT2D eigenvalue weighted by Gasteiger charge is -2.06. The first kappa shape index (κ1) is 9.88. The molecule has 0 saturated heterocycles. The van der Waals surface area contributed by atoms with Gasteiger partial charge in [0.25, 0.3) is 0 Å². The molecule has 0 aliphatic heterocycles. The molecule has 80 valence electrons. The highest BCUT2D eigenvalue weighted by Gasteiger charge is 2.31. The lowest BCUT2D eigenvalue weighted by molar-refractivity contribution is 0.908.